The van der Waals surface area contributed by atoms with Crippen LogP contribution in [-0.4, -0.2) is 41.1 Å². The number of hydrogen-bond acceptors (Lipinski definition) is 5. The fraction of sp³-hybridized carbons (Fsp3) is 0.533. The first kappa shape index (κ1) is 17.7. The molecule has 0 aromatic heterocycles. The predicted molar refractivity (Wildman–Crippen MR) is 88.1 cm³/mol. The van der Waals surface area contributed by atoms with Crippen LogP contribution in [0.15, 0.2) is 23.1 Å². The number of rotatable bonds is 8. The zero-order chi connectivity index (χ0) is 17.0. The third-order valence-corrected chi connectivity index (χ3v) is 5.11. The third-order valence-electron chi connectivity index (χ3n) is 3.60. The normalized spacial score (nSPS) is 16.0. The van der Waals surface area contributed by atoms with Crippen molar-refractivity contribution in [2.45, 2.75) is 30.7 Å². The maximum atomic E-state index is 12.3. The van der Waals surface area contributed by atoms with E-state index < -0.39 is 10.0 Å². The molecule has 1 unspecified atom stereocenters. The van der Waals surface area contributed by atoms with Crippen molar-refractivity contribution in [2.24, 2.45) is 5.92 Å². The Hall–Kier alpha value is -1.64. The molecule has 0 aliphatic heterocycles. The Kier molecular flexibility index (Phi) is 5.61. The first-order valence-corrected chi connectivity index (χ1v) is 9.01. The first-order valence-electron chi connectivity index (χ1n) is 7.53. The highest BCUT2D eigenvalue weighted by atomic mass is 32.2. The molecule has 1 atom stereocenters. The van der Waals surface area contributed by atoms with Crippen molar-refractivity contribution in [3.05, 3.63) is 18.2 Å². The molecule has 7 nitrogen and oxygen atoms in total. The summed E-state index contributed by atoms with van der Waals surface area (Å²) in [6.45, 7) is 2.31. The van der Waals surface area contributed by atoms with E-state index in [2.05, 4.69) is 15.4 Å². The van der Waals surface area contributed by atoms with Crippen LogP contribution in [0.5, 0.6) is 5.75 Å². The lowest BCUT2D eigenvalue weighted by molar-refractivity contribution is -0.119. The van der Waals surface area contributed by atoms with Gasteiger partial charge in [0.05, 0.1) is 17.7 Å². The monoisotopic (exact) mass is 341 g/mol. The smallest absolute Gasteiger partial charge is 0.240 e. The molecule has 0 spiro atoms. The largest absolute Gasteiger partial charge is 0.495 e. The lowest BCUT2D eigenvalue weighted by atomic mass is 10.1. The van der Waals surface area contributed by atoms with E-state index in [0.717, 1.165) is 12.8 Å². The van der Waals surface area contributed by atoms with Crippen LogP contribution >= 0.6 is 0 Å². The van der Waals surface area contributed by atoms with Crippen LogP contribution in [-0.2, 0) is 14.8 Å². The van der Waals surface area contributed by atoms with Crippen LogP contribution in [0.1, 0.15) is 19.8 Å². The van der Waals surface area contributed by atoms with Crippen LogP contribution in [0.4, 0.5) is 5.69 Å². The Morgan fingerprint density at radius 3 is 2.65 bits per heavy atom. The molecular weight excluding hydrogens is 318 g/mol. The van der Waals surface area contributed by atoms with Gasteiger partial charge in [-0.3, -0.25) is 4.79 Å². The summed E-state index contributed by atoms with van der Waals surface area (Å²) < 4.78 is 32.4. The number of sulfonamides is 1. The van der Waals surface area contributed by atoms with Gasteiger partial charge in [-0.05, 0) is 38.1 Å². The summed E-state index contributed by atoms with van der Waals surface area (Å²) in [5, 5.41) is 5.66. The Morgan fingerprint density at radius 1 is 1.39 bits per heavy atom. The number of nitrogens with one attached hydrogen (secondary N) is 3. The fourth-order valence-corrected chi connectivity index (χ4v) is 3.43. The lowest BCUT2D eigenvalue weighted by Gasteiger charge is -2.15. The number of anilines is 1. The molecule has 1 amide bonds. The summed E-state index contributed by atoms with van der Waals surface area (Å²) >= 11 is 0. The van der Waals surface area contributed by atoms with Crippen LogP contribution in [0, 0.1) is 5.92 Å². The molecule has 0 radical (unpaired) electrons. The standard InChI is InChI=1S/C15H23N3O4S/c1-10(9-16-2)15(19)17-13-8-12(6-7-14(13)22-3)23(20,21)18-11-4-5-11/h6-8,10-11,16,18H,4-5,9H2,1-3H3,(H,17,19). The van der Waals surface area contributed by atoms with E-state index in [1.54, 1.807) is 20.0 Å². The molecule has 23 heavy (non-hydrogen) atoms. The van der Waals surface area contributed by atoms with Crippen LogP contribution in [0.3, 0.4) is 0 Å². The molecule has 128 valence electrons. The molecule has 1 aliphatic rings. The molecule has 0 bridgehead atoms. The fourth-order valence-electron chi connectivity index (χ4n) is 2.10. The lowest BCUT2D eigenvalue weighted by Crippen LogP contribution is -2.29. The van der Waals surface area contributed by atoms with E-state index in [9.17, 15) is 13.2 Å². The number of amides is 1. The van der Waals surface area contributed by atoms with Gasteiger partial charge in [0.1, 0.15) is 5.75 Å². The molecular formula is C15H23N3O4S. The second-order valence-corrected chi connectivity index (χ2v) is 7.42. The number of hydrogen-bond donors (Lipinski definition) is 3. The molecule has 1 saturated carbocycles. The van der Waals surface area contributed by atoms with Crippen molar-refractivity contribution in [3.63, 3.8) is 0 Å². The highest BCUT2D eigenvalue weighted by Gasteiger charge is 2.28. The van der Waals surface area contributed by atoms with Crippen molar-refractivity contribution >= 4 is 21.6 Å². The van der Waals surface area contributed by atoms with Gasteiger partial charge in [0.15, 0.2) is 0 Å². The van der Waals surface area contributed by atoms with E-state index in [0.29, 0.717) is 18.0 Å². The van der Waals surface area contributed by atoms with Gasteiger partial charge >= 0.3 is 0 Å². The average Bonchev–Trinajstić information content (AvgIpc) is 3.30. The summed E-state index contributed by atoms with van der Waals surface area (Å²) in [4.78, 5) is 12.3. The van der Waals surface area contributed by atoms with Gasteiger partial charge in [-0.25, -0.2) is 13.1 Å². The Balaban J connectivity index is 2.23. The van der Waals surface area contributed by atoms with Gasteiger partial charge in [-0.15, -0.1) is 0 Å². The predicted octanol–water partition coefficient (Wildman–Crippen LogP) is 0.930. The van der Waals surface area contributed by atoms with Gasteiger partial charge in [-0.1, -0.05) is 6.92 Å². The molecule has 1 fully saturated rings. The van der Waals surface area contributed by atoms with Crippen molar-refractivity contribution in [1.29, 1.82) is 0 Å². The van der Waals surface area contributed by atoms with Gasteiger partial charge in [0.25, 0.3) is 0 Å². The highest BCUT2D eigenvalue weighted by Crippen LogP contribution is 2.29. The molecule has 8 heteroatoms. The van der Waals surface area contributed by atoms with Gasteiger partial charge in [0, 0.05) is 18.5 Å². The Labute approximate surface area is 136 Å². The zero-order valence-corrected chi connectivity index (χ0v) is 14.4. The minimum Gasteiger partial charge on any atom is -0.495 e. The second-order valence-electron chi connectivity index (χ2n) is 5.71. The third kappa shape index (κ3) is 4.66. The maximum Gasteiger partial charge on any atom is 0.240 e. The molecule has 1 aromatic rings. The molecule has 1 aromatic carbocycles. The van der Waals surface area contributed by atoms with Crippen LogP contribution < -0.4 is 20.1 Å². The van der Waals surface area contributed by atoms with Crippen molar-refractivity contribution in [3.8, 4) is 5.75 Å². The Morgan fingerprint density at radius 2 is 2.09 bits per heavy atom. The minimum absolute atomic E-state index is 0.0239. The SMILES string of the molecule is CNCC(C)C(=O)Nc1cc(S(=O)(=O)NC2CC2)ccc1OC. The Bertz CT molecular complexity index is 671. The van der Waals surface area contributed by atoms with E-state index in [1.807, 2.05) is 0 Å². The minimum atomic E-state index is -3.58. The molecule has 2 rings (SSSR count). The molecule has 3 N–H and O–H groups in total. The van der Waals surface area contributed by atoms with Crippen molar-refractivity contribution in [2.75, 3.05) is 26.0 Å². The molecule has 0 saturated heterocycles. The summed E-state index contributed by atoms with van der Waals surface area (Å²) in [6, 6.07) is 4.46. The summed E-state index contributed by atoms with van der Waals surface area (Å²) in [5.41, 5.74) is 0.346. The average molecular weight is 341 g/mol. The second kappa shape index (κ2) is 7.29. The number of ether oxygens (including phenoxy) is 1. The van der Waals surface area contributed by atoms with Crippen LogP contribution in [0.2, 0.25) is 0 Å². The number of carbonyl (C=O) groups is 1. The van der Waals surface area contributed by atoms with Crippen molar-refractivity contribution < 1.29 is 17.9 Å². The van der Waals surface area contributed by atoms with E-state index in [1.165, 1.54) is 19.2 Å². The van der Waals surface area contributed by atoms with Gasteiger partial charge in [0.2, 0.25) is 15.9 Å². The number of carbonyl (C=O) groups excluding carboxylic acids is 1. The first-order chi connectivity index (χ1) is 10.9. The topological polar surface area (TPSA) is 96.5 Å². The zero-order valence-electron chi connectivity index (χ0n) is 13.5. The summed E-state index contributed by atoms with van der Waals surface area (Å²) in [7, 11) is -0.344. The van der Waals surface area contributed by atoms with E-state index in [4.69, 9.17) is 4.74 Å². The van der Waals surface area contributed by atoms with E-state index >= 15 is 0 Å². The maximum absolute atomic E-state index is 12.3. The van der Waals surface area contributed by atoms with Gasteiger partial charge < -0.3 is 15.4 Å². The summed E-state index contributed by atoms with van der Waals surface area (Å²) in [6.07, 6.45) is 1.72. The van der Waals surface area contributed by atoms with Crippen LogP contribution in [0.25, 0.3) is 0 Å². The number of benzene rings is 1. The number of methoxy groups -OCH3 is 1. The van der Waals surface area contributed by atoms with Gasteiger partial charge in [-0.2, -0.15) is 0 Å². The molecule has 0 heterocycles. The summed E-state index contributed by atoms with van der Waals surface area (Å²) in [5.74, 6) is -0.0442. The van der Waals surface area contributed by atoms with E-state index in [-0.39, 0.29) is 22.8 Å². The highest BCUT2D eigenvalue weighted by molar-refractivity contribution is 7.89. The quantitative estimate of drug-likeness (QED) is 0.654. The van der Waals surface area contributed by atoms with Crippen molar-refractivity contribution in [1.82, 2.24) is 10.0 Å². The molecule has 1 aliphatic carbocycles.